The Labute approximate surface area is 123 Å². The van der Waals surface area contributed by atoms with E-state index in [-0.39, 0.29) is 5.82 Å². The number of aryl methyl sites for hydroxylation is 1. The second-order valence-electron chi connectivity index (χ2n) is 4.77. The molecule has 2 aromatic carbocycles. The molecule has 0 saturated carbocycles. The quantitative estimate of drug-likeness (QED) is 0.809. The summed E-state index contributed by atoms with van der Waals surface area (Å²) in [5.41, 5.74) is 2.41. The number of rotatable bonds is 6. The Morgan fingerprint density at radius 3 is 2.35 bits per heavy atom. The minimum absolute atomic E-state index is 0.225. The van der Waals surface area contributed by atoms with E-state index in [1.54, 1.807) is 18.2 Å². The lowest BCUT2D eigenvalue weighted by molar-refractivity contribution is 0.200. The molecule has 0 spiro atoms. The summed E-state index contributed by atoms with van der Waals surface area (Å²) in [6.45, 7) is 2.12. The van der Waals surface area contributed by atoms with Gasteiger partial charge in [0.05, 0.1) is 6.10 Å². The van der Waals surface area contributed by atoms with Gasteiger partial charge in [-0.15, -0.1) is 11.8 Å². The van der Waals surface area contributed by atoms with Gasteiger partial charge in [-0.1, -0.05) is 43.3 Å². The minimum atomic E-state index is -0.466. The fraction of sp³-hybridized carbons (Fsp3) is 0.294. The highest BCUT2D eigenvalue weighted by atomic mass is 32.2. The Bertz CT molecular complexity index is 539. The molecule has 0 bridgehead atoms. The van der Waals surface area contributed by atoms with Crippen LogP contribution in [0.5, 0.6) is 0 Å². The zero-order valence-corrected chi connectivity index (χ0v) is 12.4. The summed E-state index contributed by atoms with van der Waals surface area (Å²) >= 11 is 1.36. The van der Waals surface area contributed by atoms with Crippen molar-refractivity contribution >= 4 is 11.8 Å². The summed E-state index contributed by atoms with van der Waals surface area (Å²) in [7, 11) is 0. The predicted octanol–water partition coefficient (Wildman–Crippen LogP) is 4.08. The summed E-state index contributed by atoms with van der Waals surface area (Å²) in [5, 5.41) is 10.0. The number of halogens is 1. The monoisotopic (exact) mass is 290 g/mol. The molecule has 0 aliphatic heterocycles. The third-order valence-corrected chi connectivity index (χ3v) is 4.36. The normalized spacial score (nSPS) is 12.3. The highest BCUT2D eigenvalue weighted by Crippen LogP contribution is 2.22. The number of aliphatic hydroxyl groups excluding tert-OH is 1. The van der Waals surface area contributed by atoms with Crippen LogP contribution in [0.1, 0.15) is 18.1 Å². The molecule has 0 aromatic heterocycles. The van der Waals surface area contributed by atoms with Crippen LogP contribution in [0.4, 0.5) is 4.39 Å². The Hall–Kier alpha value is -1.32. The average Bonchev–Trinajstić information content (AvgIpc) is 2.47. The minimum Gasteiger partial charge on any atom is -0.392 e. The molecule has 1 nitrogen and oxygen atoms in total. The molecule has 1 unspecified atom stereocenters. The number of hydrogen-bond donors (Lipinski definition) is 1. The Morgan fingerprint density at radius 2 is 1.70 bits per heavy atom. The first-order chi connectivity index (χ1) is 9.69. The van der Waals surface area contributed by atoms with Crippen LogP contribution in [-0.4, -0.2) is 17.0 Å². The first kappa shape index (κ1) is 15.1. The summed E-state index contributed by atoms with van der Waals surface area (Å²) < 4.78 is 13.4. The summed E-state index contributed by atoms with van der Waals surface area (Å²) in [4.78, 5) is 0.591. The van der Waals surface area contributed by atoms with E-state index in [9.17, 15) is 9.50 Å². The van der Waals surface area contributed by atoms with Gasteiger partial charge in [-0.05, 0) is 36.1 Å². The molecule has 0 radical (unpaired) electrons. The van der Waals surface area contributed by atoms with E-state index < -0.39 is 6.10 Å². The van der Waals surface area contributed by atoms with Crippen LogP contribution < -0.4 is 0 Å². The predicted molar refractivity (Wildman–Crippen MR) is 82.7 cm³/mol. The molecule has 106 valence electrons. The first-order valence-corrected chi connectivity index (χ1v) is 7.81. The number of aliphatic hydroxyl groups is 1. The van der Waals surface area contributed by atoms with E-state index >= 15 is 0 Å². The van der Waals surface area contributed by atoms with Crippen LogP contribution in [0.2, 0.25) is 0 Å². The largest absolute Gasteiger partial charge is 0.392 e. The molecule has 0 fully saturated rings. The maximum Gasteiger partial charge on any atom is 0.136 e. The molecule has 3 heteroatoms. The number of hydrogen-bond acceptors (Lipinski definition) is 2. The van der Waals surface area contributed by atoms with Crippen LogP contribution in [-0.2, 0) is 12.8 Å². The average molecular weight is 290 g/mol. The first-order valence-electron chi connectivity index (χ1n) is 6.82. The van der Waals surface area contributed by atoms with Crippen molar-refractivity contribution in [3.63, 3.8) is 0 Å². The second-order valence-corrected chi connectivity index (χ2v) is 5.83. The third kappa shape index (κ3) is 4.36. The maximum atomic E-state index is 13.4. The number of benzene rings is 2. The lowest BCUT2D eigenvalue weighted by atomic mass is 10.1. The van der Waals surface area contributed by atoms with Crippen molar-refractivity contribution in [2.24, 2.45) is 0 Å². The molecule has 1 N–H and O–H groups in total. The van der Waals surface area contributed by atoms with E-state index in [0.29, 0.717) is 17.1 Å². The van der Waals surface area contributed by atoms with E-state index in [1.807, 2.05) is 0 Å². The molecule has 1 atom stereocenters. The van der Waals surface area contributed by atoms with Crippen LogP contribution in [0.15, 0.2) is 53.4 Å². The van der Waals surface area contributed by atoms with Gasteiger partial charge in [0.2, 0.25) is 0 Å². The van der Waals surface area contributed by atoms with Gasteiger partial charge in [-0.2, -0.15) is 0 Å². The second kappa shape index (κ2) is 7.46. The van der Waals surface area contributed by atoms with Gasteiger partial charge >= 0.3 is 0 Å². The zero-order chi connectivity index (χ0) is 14.4. The van der Waals surface area contributed by atoms with Gasteiger partial charge < -0.3 is 5.11 Å². The van der Waals surface area contributed by atoms with Crippen molar-refractivity contribution in [2.75, 3.05) is 5.75 Å². The highest BCUT2D eigenvalue weighted by Gasteiger charge is 2.08. The van der Waals surface area contributed by atoms with Gasteiger partial charge in [-0.3, -0.25) is 0 Å². The van der Waals surface area contributed by atoms with E-state index in [4.69, 9.17) is 0 Å². The van der Waals surface area contributed by atoms with E-state index in [1.165, 1.54) is 23.4 Å². The smallest absolute Gasteiger partial charge is 0.136 e. The highest BCUT2D eigenvalue weighted by molar-refractivity contribution is 7.99. The summed E-state index contributed by atoms with van der Waals surface area (Å²) in [5.74, 6) is 0.271. The summed E-state index contributed by atoms with van der Waals surface area (Å²) in [6.07, 6.45) is 1.16. The fourth-order valence-corrected chi connectivity index (χ4v) is 2.86. The molecule has 0 aliphatic rings. The molecule has 20 heavy (non-hydrogen) atoms. The summed E-state index contributed by atoms with van der Waals surface area (Å²) in [6, 6.07) is 14.9. The zero-order valence-electron chi connectivity index (χ0n) is 11.6. The molecule has 2 aromatic rings. The molecular weight excluding hydrogens is 271 g/mol. The lowest BCUT2D eigenvalue weighted by Crippen LogP contribution is -2.13. The van der Waals surface area contributed by atoms with E-state index in [2.05, 4.69) is 31.2 Å². The van der Waals surface area contributed by atoms with Gasteiger partial charge in [0, 0.05) is 10.6 Å². The Kier molecular flexibility index (Phi) is 5.62. The standard InChI is InChI=1S/C17H19FOS/c1-2-13-7-9-14(10-8-13)11-15(19)12-20-17-6-4-3-5-16(17)18/h3-10,15,19H,2,11-12H2,1H3. The number of thioether (sulfide) groups is 1. The van der Waals surface area contributed by atoms with Crippen molar-refractivity contribution in [1.82, 2.24) is 0 Å². The van der Waals surface area contributed by atoms with Crippen molar-refractivity contribution < 1.29 is 9.50 Å². The topological polar surface area (TPSA) is 20.2 Å². The van der Waals surface area contributed by atoms with Crippen LogP contribution in [0, 0.1) is 5.82 Å². The Morgan fingerprint density at radius 1 is 1.05 bits per heavy atom. The van der Waals surface area contributed by atoms with Gasteiger partial charge in [-0.25, -0.2) is 4.39 Å². The Balaban J connectivity index is 1.86. The van der Waals surface area contributed by atoms with Crippen molar-refractivity contribution in [2.45, 2.75) is 30.8 Å². The molecule has 0 heterocycles. The molecule has 0 amide bonds. The fourth-order valence-electron chi connectivity index (χ4n) is 1.99. The van der Waals surface area contributed by atoms with Crippen LogP contribution in [0.3, 0.4) is 0 Å². The van der Waals surface area contributed by atoms with Gasteiger partial charge in [0.25, 0.3) is 0 Å². The third-order valence-electron chi connectivity index (χ3n) is 3.17. The van der Waals surface area contributed by atoms with Crippen molar-refractivity contribution in [3.05, 3.63) is 65.5 Å². The van der Waals surface area contributed by atoms with E-state index in [0.717, 1.165) is 12.0 Å². The van der Waals surface area contributed by atoms with Crippen LogP contribution in [0.25, 0.3) is 0 Å². The SMILES string of the molecule is CCc1ccc(CC(O)CSc2ccccc2F)cc1. The van der Waals surface area contributed by atoms with Crippen molar-refractivity contribution in [3.8, 4) is 0 Å². The van der Waals surface area contributed by atoms with Gasteiger partial charge in [0.15, 0.2) is 0 Å². The molecule has 2 rings (SSSR count). The van der Waals surface area contributed by atoms with Crippen LogP contribution >= 0.6 is 11.8 Å². The lowest BCUT2D eigenvalue weighted by Gasteiger charge is -2.11. The van der Waals surface area contributed by atoms with Crippen molar-refractivity contribution in [1.29, 1.82) is 0 Å². The maximum absolute atomic E-state index is 13.4. The van der Waals surface area contributed by atoms with Gasteiger partial charge in [0.1, 0.15) is 5.82 Å². The molecule has 0 saturated heterocycles. The molecule has 0 aliphatic carbocycles. The molecular formula is C17H19FOS.